The molecule has 9 nitrogen and oxygen atoms in total. The number of fused-ring (bicyclic) bond motifs is 2. The van der Waals surface area contributed by atoms with Crippen molar-refractivity contribution in [2.24, 2.45) is 0 Å². The Labute approximate surface area is 203 Å². The van der Waals surface area contributed by atoms with Gasteiger partial charge in [-0.3, -0.25) is 9.78 Å². The van der Waals surface area contributed by atoms with Crippen molar-refractivity contribution in [3.8, 4) is 0 Å². The fourth-order valence-electron chi connectivity index (χ4n) is 4.72. The number of rotatable bonds is 5. The van der Waals surface area contributed by atoms with E-state index in [1.165, 1.54) is 10.7 Å². The first-order valence-electron chi connectivity index (χ1n) is 11.5. The van der Waals surface area contributed by atoms with E-state index in [0.717, 1.165) is 37.0 Å². The third-order valence-corrected chi connectivity index (χ3v) is 6.51. The Morgan fingerprint density at radius 2 is 1.86 bits per heavy atom. The molecule has 0 unspecified atom stereocenters. The maximum absolute atomic E-state index is 12.9. The number of halogens is 3. The molecule has 184 valence electrons. The van der Waals surface area contributed by atoms with Crippen LogP contribution < -0.4 is 15.5 Å². The highest BCUT2D eigenvalue weighted by atomic mass is 19.4. The fraction of sp³-hybridized carbons (Fsp3) is 0.292. The largest absolute Gasteiger partial charge is 0.416 e. The van der Waals surface area contributed by atoms with Crippen molar-refractivity contribution in [1.29, 1.82) is 0 Å². The number of pyridine rings is 3. The molecule has 1 amide bonds. The molecular formula is C24H21F3N8O. The van der Waals surface area contributed by atoms with Crippen LogP contribution in [-0.2, 0) is 12.7 Å². The molecule has 1 aliphatic carbocycles. The number of alkyl halides is 3. The summed E-state index contributed by atoms with van der Waals surface area (Å²) >= 11 is 0. The first kappa shape index (κ1) is 22.3. The van der Waals surface area contributed by atoms with E-state index in [1.807, 2.05) is 24.3 Å². The van der Waals surface area contributed by atoms with Gasteiger partial charge < -0.3 is 15.5 Å². The molecule has 0 aromatic carbocycles. The van der Waals surface area contributed by atoms with Crippen molar-refractivity contribution in [2.75, 3.05) is 15.5 Å². The number of amides is 1. The highest BCUT2D eigenvalue weighted by Gasteiger charge is 2.32. The number of carbonyl (C=O) groups is 1. The van der Waals surface area contributed by atoms with Crippen LogP contribution in [0, 0.1) is 0 Å². The summed E-state index contributed by atoms with van der Waals surface area (Å²) in [6.07, 6.45) is 2.64. The fourth-order valence-corrected chi connectivity index (χ4v) is 4.72. The normalized spacial score (nSPS) is 19.6. The van der Waals surface area contributed by atoms with Crippen LogP contribution in [0.15, 0.2) is 55.0 Å². The van der Waals surface area contributed by atoms with Gasteiger partial charge in [0, 0.05) is 30.0 Å². The second-order valence-corrected chi connectivity index (χ2v) is 8.95. The van der Waals surface area contributed by atoms with Gasteiger partial charge in [0.2, 0.25) is 5.95 Å². The number of aromatic nitrogens is 5. The highest BCUT2D eigenvalue weighted by molar-refractivity contribution is 6.08. The summed E-state index contributed by atoms with van der Waals surface area (Å²) in [5.41, 5.74) is 1.47. The molecule has 0 radical (unpaired) electrons. The smallest absolute Gasteiger partial charge is 0.367 e. The molecule has 4 aromatic rings. The van der Waals surface area contributed by atoms with Gasteiger partial charge >= 0.3 is 6.18 Å². The number of nitrogens with zero attached hydrogens (tertiary/aromatic N) is 6. The lowest BCUT2D eigenvalue weighted by molar-refractivity contribution is -0.137. The summed E-state index contributed by atoms with van der Waals surface area (Å²) in [6, 6.07) is 9.63. The molecule has 0 bridgehead atoms. The number of hydrogen-bond donors (Lipinski definition) is 2. The van der Waals surface area contributed by atoms with Crippen molar-refractivity contribution < 1.29 is 18.0 Å². The molecule has 36 heavy (non-hydrogen) atoms. The van der Waals surface area contributed by atoms with E-state index in [4.69, 9.17) is 0 Å². The third kappa shape index (κ3) is 4.18. The van der Waals surface area contributed by atoms with Gasteiger partial charge in [0.05, 0.1) is 24.0 Å². The minimum absolute atomic E-state index is 0.0782. The van der Waals surface area contributed by atoms with Gasteiger partial charge in [0.25, 0.3) is 5.91 Å². The highest BCUT2D eigenvalue weighted by Crippen LogP contribution is 2.31. The van der Waals surface area contributed by atoms with E-state index in [0.29, 0.717) is 29.7 Å². The summed E-state index contributed by atoms with van der Waals surface area (Å²) in [7, 11) is 0. The Morgan fingerprint density at radius 1 is 1.03 bits per heavy atom. The number of carbonyl (C=O) groups excluding carboxylic acids is 1. The number of hydrogen-bond acceptors (Lipinski definition) is 7. The van der Waals surface area contributed by atoms with Gasteiger partial charge in [-0.25, -0.2) is 9.50 Å². The van der Waals surface area contributed by atoms with Crippen LogP contribution >= 0.6 is 0 Å². The Kier molecular flexibility index (Phi) is 5.23. The Bertz CT molecular complexity index is 1440. The van der Waals surface area contributed by atoms with Crippen molar-refractivity contribution in [3.63, 3.8) is 0 Å². The maximum Gasteiger partial charge on any atom is 0.416 e. The Morgan fingerprint density at radius 3 is 2.61 bits per heavy atom. The lowest BCUT2D eigenvalue weighted by Gasteiger charge is -2.17. The van der Waals surface area contributed by atoms with Crippen molar-refractivity contribution in [2.45, 2.75) is 44.1 Å². The summed E-state index contributed by atoms with van der Waals surface area (Å²) in [5, 5.41) is 10.9. The van der Waals surface area contributed by atoms with Crippen LogP contribution in [0.2, 0.25) is 0 Å². The van der Waals surface area contributed by atoms with Gasteiger partial charge in [-0.05, 0) is 49.6 Å². The molecular weight excluding hydrogens is 473 g/mol. The topological polar surface area (TPSA) is 100 Å². The SMILES string of the molecule is O=C1c2ncccc2CN1c1ccc(N[C@H]2CC[C@H](Nc3nc4cc(C(F)(F)F)ccn4n3)C2)nc1. The van der Waals surface area contributed by atoms with Crippen molar-refractivity contribution in [1.82, 2.24) is 24.6 Å². The zero-order valence-corrected chi connectivity index (χ0v) is 18.9. The van der Waals surface area contributed by atoms with Crippen molar-refractivity contribution in [3.05, 3.63) is 71.8 Å². The van der Waals surface area contributed by atoms with E-state index < -0.39 is 11.7 Å². The van der Waals surface area contributed by atoms with E-state index in [-0.39, 0.29) is 23.6 Å². The van der Waals surface area contributed by atoms with Crippen LogP contribution in [-0.4, -0.2) is 42.6 Å². The molecule has 4 aromatic heterocycles. The van der Waals surface area contributed by atoms with Gasteiger partial charge in [0.15, 0.2) is 5.65 Å². The quantitative estimate of drug-likeness (QED) is 0.430. The minimum Gasteiger partial charge on any atom is -0.367 e. The molecule has 0 spiro atoms. The Hall–Kier alpha value is -4.22. The summed E-state index contributed by atoms with van der Waals surface area (Å²) in [5.74, 6) is 0.874. The van der Waals surface area contributed by atoms with Gasteiger partial charge in [0.1, 0.15) is 11.5 Å². The zero-order valence-electron chi connectivity index (χ0n) is 18.9. The number of anilines is 3. The lowest BCUT2D eigenvalue weighted by atomic mass is 10.2. The lowest BCUT2D eigenvalue weighted by Crippen LogP contribution is -2.24. The van der Waals surface area contributed by atoms with Gasteiger partial charge in [-0.1, -0.05) is 6.07 Å². The molecule has 2 aliphatic rings. The molecule has 1 saturated carbocycles. The molecule has 12 heteroatoms. The van der Waals surface area contributed by atoms with Crippen LogP contribution in [0.3, 0.4) is 0 Å². The maximum atomic E-state index is 12.9. The second-order valence-electron chi connectivity index (χ2n) is 8.95. The monoisotopic (exact) mass is 494 g/mol. The summed E-state index contributed by atoms with van der Waals surface area (Å²) < 4.78 is 40.2. The average molecular weight is 494 g/mol. The van der Waals surface area contributed by atoms with Gasteiger partial charge in [-0.2, -0.15) is 18.2 Å². The van der Waals surface area contributed by atoms with Crippen LogP contribution in [0.5, 0.6) is 0 Å². The zero-order chi connectivity index (χ0) is 24.9. The minimum atomic E-state index is -4.43. The van der Waals surface area contributed by atoms with E-state index in [1.54, 1.807) is 17.3 Å². The first-order valence-corrected chi connectivity index (χ1v) is 11.5. The molecule has 5 heterocycles. The number of nitrogens with one attached hydrogen (secondary N) is 2. The predicted octanol–water partition coefficient (Wildman–Crippen LogP) is 4.14. The first-order chi connectivity index (χ1) is 17.3. The average Bonchev–Trinajstić information content (AvgIpc) is 3.56. The van der Waals surface area contributed by atoms with E-state index >= 15 is 0 Å². The standard InChI is InChI=1S/C24H21F3N8O/c25-24(26,27)15-7-9-35-20(10-15)32-23(33-35)31-17-4-3-16(11-17)30-19-6-5-18(12-29-19)34-13-14-2-1-8-28-21(14)22(34)36/h1-2,5-10,12,16-17H,3-4,11,13H2,(H,29,30)(H,31,33)/t16-,17-/m0/s1. The molecule has 1 aliphatic heterocycles. The van der Waals surface area contributed by atoms with Crippen LogP contribution in [0.4, 0.5) is 30.6 Å². The van der Waals surface area contributed by atoms with Crippen LogP contribution in [0.1, 0.15) is 40.9 Å². The van der Waals surface area contributed by atoms with E-state index in [2.05, 4.69) is 30.7 Å². The molecule has 2 N–H and O–H groups in total. The Balaban J connectivity index is 1.06. The molecule has 0 saturated heterocycles. The van der Waals surface area contributed by atoms with E-state index in [9.17, 15) is 18.0 Å². The predicted molar refractivity (Wildman–Crippen MR) is 126 cm³/mol. The second kappa shape index (κ2) is 8.47. The van der Waals surface area contributed by atoms with Gasteiger partial charge in [-0.15, -0.1) is 5.10 Å². The van der Waals surface area contributed by atoms with Crippen molar-refractivity contribution >= 4 is 29.0 Å². The third-order valence-electron chi connectivity index (χ3n) is 6.51. The summed E-state index contributed by atoms with van der Waals surface area (Å²) in [4.78, 5) is 27.1. The summed E-state index contributed by atoms with van der Waals surface area (Å²) in [6.45, 7) is 0.473. The molecule has 6 rings (SSSR count). The molecule has 2 atom stereocenters. The molecule has 1 fully saturated rings. The van der Waals surface area contributed by atoms with Crippen LogP contribution in [0.25, 0.3) is 5.65 Å².